The molecule has 3 aliphatic rings. The molecule has 1 amide bonds. The highest BCUT2D eigenvalue weighted by Gasteiger charge is 2.27. The number of aliphatic hydroxyl groups is 1. The van der Waals surface area contributed by atoms with E-state index in [2.05, 4.69) is 95.9 Å². The molecular formula is C84H81N15O7. The van der Waals surface area contributed by atoms with E-state index >= 15 is 0 Å². The molecule has 0 saturated carbocycles. The number of phenolic OH excluding ortho intramolecular Hbond substituents is 1. The van der Waals surface area contributed by atoms with Crippen LogP contribution in [0.1, 0.15) is 137 Å². The van der Waals surface area contributed by atoms with Gasteiger partial charge in [-0.15, -0.1) is 5.10 Å². The van der Waals surface area contributed by atoms with Gasteiger partial charge in [0.25, 0.3) is 6.47 Å². The lowest BCUT2D eigenvalue weighted by molar-refractivity contribution is -0.120. The van der Waals surface area contributed by atoms with Crippen LogP contribution in [0.5, 0.6) is 17.4 Å². The number of benzene rings is 5. The van der Waals surface area contributed by atoms with Gasteiger partial charge in [0.1, 0.15) is 22.9 Å². The lowest BCUT2D eigenvalue weighted by atomic mass is 9.85. The molecule has 22 nitrogen and oxygen atoms in total. The zero-order valence-electron chi connectivity index (χ0n) is 60.2. The van der Waals surface area contributed by atoms with Crippen molar-refractivity contribution in [2.45, 2.75) is 144 Å². The quantitative estimate of drug-likeness (QED) is 0.0558. The van der Waals surface area contributed by atoms with Crippen LogP contribution >= 0.6 is 0 Å². The van der Waals surface area contributed by atoms with Crippen LogP contribution in [0.4, 0.5) is 10.6 Å². The lowest BCUT2D eigenvalue weighted by Crippen LogP contribution is -2.27. The minimum atomic E-state index is -0.570. The third-order valence-corrected chi connectivity index (χ3v) is 20.1. The van der Waals surface area contributed by atoms with Gasteiger partial charge in [-0.2, -0.15) is 15.3 Å². The Morgan fingerprint density at radius 2 is 1.13 bits per heavy atom. The number of aliphatic hydroxyl groups excluding tert-OH is 1. The number of carbonyl (C=O) groups excluding carboxylic acids is 2. The van der Waals surface area contributed by atoms with Crippen LogP contribution in [0.25, 0.3) is 127 Å². The number of ether oxygens (including phenoxy) is 2. The van der Waals surface area contributed by atoms with Gasteiger partial charge >= 0.3 is 6.09 Å². The summed E-state index contributed by atoms with van der Waals surface area (Å²) in [6.07, 6.45) is 24.2. The largest absolute Gasteiger partial charge is 0.512 e. The first-order valence-electron chi connectivity index (χ1n) is 36.3. The summed E-state index contributed by atoms with van der Waals surface area (Å²) in [6, 6.07) is 32.4. The van der Waals surface area contributed by atoms with Gasteiger partial charge in [-0.05, 0) is 252 Å². The summed E-state index contributed by atoms with van der Waals surface area (Å²) in [5.41, 5.74) is 24.8. The maximum atomic E-state index is 12.2. The number of amides is 1. The van der Waals surface area contributed by atoms with Crippen molar-refractivity contribution in [3.05, 3.63) is 196 Å². The Hall–Kier alpha value is -12.5. The highest BCUT2D eigenvalue weighted by atomic mass is 16.6. The molecule has 0 unspecified atom stereocenters. The third kappa shape index (κ3) is 13.5. The molecule has 22 heteroatoms. The smallest absolute Gasteiger partial charge is 0.413 e. The maximum absolute atomic E-state index is 12.2. The summed E-state index contributed by atoms with van der Waals surface area (Å²) < 4.78 is 10.5. The van der Waals surface area contributed by atoms with Crippen molar-refractivity contribution in [1.82, 2.24) is 70.7 Å². The Bertz CT molecular complexity index is 5960. The number of anilines is 1. The molecule has 0 fully saturated rings. The van der Waals surface area contributed by atoms with E-state index < -0.39 is 11.7 Å². The molecule has 0 atom stereocenters. The molecule has 0 bridgehead atoms. The standard InChI is InChI=1S/C24H25N5O2.C21H17N3O3.C20H21N3O.C19H18N4O/c1-24(2,3)31-23(30)28-20-10-6-9-19(26-20)22-15-8-5-4-7-14(15)21-16-13-25-29-17(16)11-12-18(21)27-22;25-11-27-21-19-17(23-24-21)10-9-16-18(19)14-3-1-2-4-15(14)20(22-16)12-5-7-13(26)8-6-12;1-3-14-15(4-2)19(12-5-7-13(24)8-6-12)22-20-16(14)9-10-18-17(20)11-21-23-18;1-3-4-13-11(2)18-14-10-21-23-15(14)7-8-16(18)22-19(13)17-6-5-12(24)9-20-17/h6,9-13H,4-5,7-8H2,1-3H3,(H,25,29)(H,26,28,30);5-11,26H,1-4H2,(H,23,24);5,7,9-11,24H,3-4,6,8H2,1-2H3,(H,21,23);5-10,24H,3-4H2,1-2H3,(H,21,23). The second-order valence-corrected chi connectivity index (χ2v) is 28.0. The predicted octanol–water partition coefficient (Wildman–Crippen LogP) is 18.3. The number of phenols is 1. The fraction of sp³-hybridized carbons (Fsp3) is 0.262. The Morgan fingerprint density at radius 3 is 1.78 bits per heavy atom. The van der Waals surface area contributed by atoms with Crippen molar-refractivity contribution >= 4 is 111 Å². The molecule has 0 saturated heterocycles. The normalized spacial score (nSPS) is 13.5. The van der Waals surface area contributed by atoms with Crippen LogP contribution in [0, 0.1) is 6.92 Å². The minimum Gasteiger partial charge on any atom is -0.512 e. The van der Waals surface area contributed by atoms with Crippen LogP contribution in [-0.4, -0.2) is 104 Å². The highest BCUT2D eigenvalue weighted by molar-refractivity contribution is 6.12. The minimum absolute atomic E-state index is 0.161. The molecule has 8 N–H and O–H groups in total. The van der Waals surface area contributed by atoms with E-state index in [0.717, 1.165) is 200 Å². The van der Waals surface area contributed by atoms with Crippen LogP contribution in [0.2, 0.25) is 0 Å². The number of allylic oxidation sites excluding steroid dienone is 4. The number of aromatic hydroxyl groups is 2. The Kier molecular flexibility index (Phi) is 19.2. The third-order valence-electron chi connectivity index (χ3n) is 20.1. The fourth-order valence-corrected chi connectivity index (χ4v) is 15.4. The van der Waals surface area contributed by atoms with Crippen LogP contribution < -0.4 is 10.1 Å². The zero-order chi connectivity index (χ0) is 73.3. The SMILES string of the molecule is CC(C)(C)OC(=O)Nc1cccc(-c2nc3ccc4[nH]ncc4c3c3c2CCCC3)n1.CCCc1c(-c2ccc(O)cn2)nc2ccc3[nH]ncc3c2c1C.CCc1c(C2=CC=C(O)CC2)nc2c(ccc3[nH]ncc32)c1CC.O=COc1n[nH]c2ccc3nc(-c4ccc(O)cc4)c4c(c3c12)CCCC4. The average molecular weight is 1410 g/mol. The monoisotopic (exact) mass is 1410 g/mol. The number of nitrogens with zero attached hydrogens (tertiary/aromatic N) is 10. The first-order valence-corrected chi connectivity index (χ1v) is 36.3. The van der Waals surface area contributed by atoms with E-state index in [9.17, 15) is 24.9 Å². The summed E-state index contributed by atoms with van der Waals surface area (Å²) in [4.78, 5) is 52.1. The van der Waals surface area contributed by atoms with Crippen molar-refractivity contribution < 1.29 is 34.4 Å². The van der Waals surface area contributed by atoms with Crippen molar-refractivity contribution in [3.63, 3.8) is 0 Å². The summed E-state index contributed by atoms with van der Waals surface area (Å²) in [5.74, 6) is 1.59. The molecule has 0 aliphatic heterocycles. The predicted molar refractivity (Wildman–Crippen MR) is 416 cm³/mol. The number of carbonyl (C=O) groups is 2. The number of aromatic amines is 4. The van der Waals surface area contributed by atoms with E-state index in [1.54, 1.807) is 30.3 Å². The Morgan fingerprint density at radius 1 is 0.528 bits per heavy atom. The molecule has 15 aromatic rings. The Balaban J connectivity index is 0.000000114. The number of hydrogen-bond donors (Lipinski definition) is 8. The van der Waals surface area contributed by atoms with Gasteiger partial charge in [-0.25, -0.2) is 29.7 Å². The first kappa shape index (κ1) is 69.3. The van der Waals surface area contributed by atoms with Gasteiger partial charge in [-0.3, -0.25) is 35.5 Å². The maximum Gasteiger partial charge on any atom is 0.413 e. The molecule has 3 aliphatic carbocycles. The van der Waals surface area contributed by atoms with Gasteiger partial charge in [0.2, 0.25) is 5.88 Å². The number of hydrogen-bond acceptors (Lipinski definition) is 17. The molecule has 5 aromatic carbocycles. The van der Waals surface area contributed by atoms with E-state index in [-0.39, 0.29) is 17.4 Å². The first-order chi connectivity index (χ1) is 51.6. The van der Waals surface area contributed by atoms with Crippen molar-refractivity contribution in [1.29, 1.82) is 0 Å². The molecule has 18 rings (SSSR count). The number of H-pyrrole nitrogens is 4. The van der Waals surface area contributed by atoms with E-state index in [4.69, 9.17) is 29.4 Å². The van der Waals surface area contributed by atoms with Crippen molar-refractivity contribution in [2.75, 3.05) is 5.32 Å². The number of fused-ring (bicyclic) bond motifs is 16. The summed E-state index contributed by atoms with van der Waals surface area (Å²) in [7, 11) is 0. The molecule has 10 aromatic heterocycles. The molecular weight excluding hydrogens is 1330 g/mol. The number of aromatic nitrogens is 14. The van der Waals surface area contributed by atoms with Gasteiger partial charge in [0.05, 0.1) is 114 Å². The summed E-state index contributed by atoms with van der Waals surface area (Å²) >= 11 is 0. The van der Waals surface area contributed by atoms with Crippen LogP contribution in [0.15, 0.2) is 146 Å². The van der Waals surface area contributed by atoms with Gasteiger partial charge < -0.3 is 24.8 Å². The summed E-state index contributed by atoms with van der Waals surface area (Å²) in [5, 5.41) is 69.0. The zero-order valence-corrected chi connectivity index (χ0v) is 60.2. The highest BCUT2D eigenvalue weighted by Crippen LogP contribution is 2.43. The molecule has 0 radical (unpaired) electrons. The number of aryl methyl sites for hydroxylation is 4. The van der Waals surface area contributed by atoms with Gasteiger partial charge in [0, 0.05) is 49.7 Å². The van der Waals surface area contributed by atoms with Crippen LogP contribution in [0.3, 0.4) is 0 Å². The fourth-order valence-electron chi connectivity index (χ4n) is 15.4. The molecule has 10 heterocycles. The lowest BCUT2D eigenvalue weighted by Gasteiger charge is -2.22. The number of nitrogens with one attached hydrogen (secondary N) is 5. The van der Waals surface area contributed by atoms with Crippen LogP contribution in [-0.2, 0) is 54.5 Å². The van der Waals surface area contributed by atoms with Gasteiger partial charge in [-0.1, -0.05) is 45.4 Å². The van der Waals surface area contributed by atoms with Crippen molar-refractivity contribution in [2.24, 2.45) is 0 Å². The van der Waals surface area contributed by atoms with E-state index in [1.165, 1.54) is 67.1 Å². The van der Waals surface area contributed by atoms with E-state index in [0.29, 0.717) is 24.5 Å². The second kappa shape index (κ2) is 29.4. The topological polar surface area (TPSA) is 317 Å². The average Bonchev–Trinajstić information content (AvgIpc) is 1.35. The second-order valence-electron chi connectivity index (χ2n) is 28.0. The molecule has 0 spiro atoms. The number of rotatable bonds is 11. The van der Waals surface area contributed by atoms with Crippen molar-refractivity contribution in [3.8, 4) is 51.4 Å². The number of pyridine rings is 6. The van der Waals surface area contributed by atoms with Gasteiger partial charge in [0.15, 0.2) is 0 Å². The summed E-state index contributed by atoms with van der Waals surface area (Å²) in [6.45, 7) is 14.6. The Labute approximate surface area is 609 Å². The van der Waals surface area contributed by atoms with E-state index in [1.807, 2.05) is 112 Å². The molecule has 106 heavy (non-hydrogen) atoms. The molecule has 534 valence electrons.